The highest BCUT2D eigenvalue weighted by Crippen LogP contribution is 2.10. The number of carbonyl (C=O) groups is 1. The molecule has 1 amide bonds. The molecule has 0 atom stereocenters. The van der Waals surface area contributed by atoms with Crippen molar-refractivity contribution in [2.45, 2.75) is 0 Å². The average Bonchev–Trinajstić information content (AvgIpc) is 2.38. The summed E-state index contributed by atoms with van der Waals surface area (Å²) in [5.74, 6) is -0.825. The van der Waals surface area contributed by atoms with Crippen molar-refractivity contribution in [2.75, 3.05) is 0 Å². The summed E-state index contributed by atoms with van der Waals surface area (Å²) in [6.45, 7) is 0. The van der Waals surface area contributed by atoms with Gasteiger partial charge >= 0.3 is 0 Å². The molecule has 0 aliphatic rings. The maximum atomic E-state index is 12.9. The van der Waals surface area contributed by atoms with Gasteiger partial charge in [0.15, 0.2) is 0 Å². The van der Waals surface area contributed by atoms with E-state index in [4.69, 9.17) is 0 Å². The predicted octanol–water partition coefficient (Wildman–Crippen LogP) is 2.30. The number of halogens is 1. The first-order valence-corrected chi connectivity index (χ1v) is 5.53. The molecule has 96 valence electrons. The number of phenols is 1. The minimum absolute atomic E-state index is 0.00163. The van der Waals surface area contributed by atoms with Crippen molar-refractivity contribution in [1.82, 2.24) is 5.43 Å². The Bertz CT molecular complexity index is 626. The van der Waals surface area contributed by atoms with Crippen LogP contribution in [0.15, 0.2) is 53.6 Å². The maximum absolute atomic E-state index is 12.9. The second-order valence-electron chi connectivity index (χ2n) is 3.80. The zero-order valence-corrected chi connectivity index (χ0v) is 9.88. The second kappa shape index (κ2) is 5.77. The number of hydrogen-bond donors (Lipinski definition) is 2. The number of hydrazone groups is 1. The van der Waals surface area contributed by atoms with Gasteiger partial charge in [-0.3, -0.25) is 4.79 Å². The third-order valence-electron chi connectivity index (χ3n) is 2.34. The lowest BCUT2D eigenvalue weighted by molar-refractivity contribution is 0.0954. The summed E-state index contributed by atoms with van der Waals surface area (Å²) in [5, 5.41) is 13.0. The molecule has 0 saturated heterocycles. The molecule has 19 heavy (non-hydrogen) atoms. The number of phenolic OH excluding ortho intramolecular Hbond substituents is 1. The fourth-order valence-corrected chi connectivity index (χ4v) is 1.46. The second-order valence-corrected chi connectivity index (χ2v) is 3.80. The third kappa shape index (κ3) is 3.64. The van der Waals surface area contributed by atoms with Gasteiger partial charge in [-0.15, -0.1) is 0 Å². The number of benzene rings is 2. The standard InChI is InChI=1S/C14H11FN2O2/c15-12-5-1-3-10(7-12)9-16-17-14(19)11-4-2-6-13(18)8-11/h1-9,18H,(H,17,19)/b16-9-. The fraction of sp³-hybridized carbons (Fsp3) is 0. The van der Waals surface area contributed by atoms with Crippen LogP contribution in [0.2, 0.25) is 0 Å². The predicted molar refractivity (Wildman–Crippen MR) is 69.6 cm³/mol. The van der Waals surface area contributed by atoms with Gasteiger partial charge in [0.1, 0.15) is 11.6 Å². The molecule has 0 aliphatic heterocycles. The van der Waals surface area contributed by atoms with E-state index in [1.807, 2.05) is 0 Å². The number of hydrogen-bond acceptors (Lipinski definition) is 3. The van der Waals surface area contributed by atoms with Gasteiger partial charge in [0, 0.05) is 5.56 Å². The Hall–Kier alpha value is -2.69. The molecular weight excluding hydrogens is 247 g/mol. The van der Waals surface area contributed by atoms with Crippen LogP contribution >= 0.6 is 0 Å². The van der Waals surface area contributed by atoms with Crippen molar-refractivity contribution < 1.29 is 14.3 Å². The van der Waals surface area contributed by atoms with Crippen LogP contribution in [-0.2, 0) is 0 Å². The summed E-state index contributed by atoms with van der Waals surface area (Å²) in [6, 6.07) is 11.7. The first-order chi connectivity index (χ1) is 9.15. The lowest BCUT2D eigenvalue weighted by atomic mass is 10.2. The molecule has 0 saturated carbocycles. The van der Waals surface area contributed by atoms with Crippen LogP contribution in [0.5, 0.6) is 5.75 Å². The Kier molecular flexibility index (Phi) is 3.87. The minimum Gasteiger partial charge on any atom is -0.508 e. The number of rotatable bonds is 3. The average molecular weight is 258 g/mol. The van der Waals surface area contributed by atoms with Gasteiger partial charge < -0.3 is 5.11 Å². The fourth-order valence-electron chi connectivity index (χ4n) is 1.46. The number of nitrogens with one attached hydrogen (secondary N) is 1. The molecule has 0 radical (unpaired) electrons. The van der Waals surface area contributed by atoms with Crippen molar-refractivity contribution in [3.63, 3.8) is 0 Å². The van der Waals surface area contributed by atoms with E-state index < -0.39 is 5.91 Å². The van der Waals surface area contributed by atoms with E-state index in [1.165, 1.54) is 30.5 Å². The van der Waals surface area contributed by atoms with E-state index in [9.17, 15) is 14.3 Å². The quantitative estimate of drug-likeness (QED) is 0.655. The Labute approximate surface area is 109 Å². The molecule has 0 fully saturated rings. The molecular formula is C14H11FN2O2. The maximum Gasteiger partial charge on any atom is 0.271 e. The van der Waals surface area contributed by atoms with Crippen molar-refractivity contribution >= 4 is 12.1 Å². The van der Waals surface area contributed by atoms with Gasteiger partial charge in [-0.2, -0.15) is 5.10 Å². The first kappa shape index (κ1) is 12.8. The molecule has 2 N–H and O–H groups in total. The summed E-state index contributed by atoms with van der Waals surface area (Å²) in [4.78, 5) is 11.6. The van der Waals surface area contributed by atoms with Gasteiger partial charge in [-0.1, -0.05) is 18.2 Å². The number of aromatic hydroxyl groups is 1. The van der Waals surface area contributed by atoms with Crippen molar-refractivity contribution in [3.05, 3.63) is 65.5 Å². The molecule has 5 heteroatoms. The van der Waals surface area contributed by atoms with Crippen LogP contribution in [-0.4, -0.2) is 17.2 Å². The minimum atomic E-state index is -0.455. The van der Waals surface area contributed by atoms with Crippen molar-refractivity contribution in [3.8, 4) is 5.75 Å². The van der Waals surface area contributed by atoms with Gasteiger partial charge in [0.2, 0.25) is 0 Å². The summed E-state index contributed by atoms with van der Waals surface area (Å²) >= 11 is 0. The number of amides is 1. The largest absolute Gasteiger partial charge is 0.508 e. The van der Waals surface area contributed by atoms with E-state index in [1.54, 1.807) is 24.3 Å². The van der Waals surface area contributed by atoms with Crippen LogP contribution < -0.4 is 5.43 Å². The Balaban J connectivity index is 2.01. The smallest absolute Gasteiger partial charge is 0.271 e. The lowest BCUT2D eigenvalue weighted by Crippen LogP contribution is -2.17. The van der Waals surface area contributed by atoms with Crippen LogP contribution in [0.25, 0.3) is 0 Å². The lowest BCUT2D eigenvalue weighted by Gasteiger charge is -2.00. The number of carbonyl (C=O) groups excluding carboxylic acids is 1. The Morgan fingerprint density at radius 2 is 2.00 bits per heavy atom. The summed E-state index contributed by atoms with van der Waals surface area (Å²) in [6.07, 6.45) is 1.34. The molecule has 0 unspecified atom stereocenters. The molecule has 2 aromatic carbocycles. The monoisotopic (exact) mass is 258 g/mol. The topological polar surface area (TPSA) is 61.7 Å². The Morgan fingerprint density at radius 1 is 1.21 bits per heavy atom. The zero-order valence-electron chi connectivity index (χ0n) is 9.88. The van der Waals surface area contributed by atoms with Gasteiger partial charge in [0.05, 0.1) is 6.21 Å². The van der Waals surface area contributed by atoms with Gasteiger partial charge in [-0.25, -0.2) is 9.82 Å². The van der Waals surface area contributed by atoms with E-state index in [0.717, 1.165) is 0 Å². The van der Waals surface area contributed by atoms with E-state index in [2.05, 4.69) is 10.5 Å². The summed E-state index contributed by atoms with van der Waals surface area (Å²) in [5.41, 5.74) is 3.12. The molecule has 2 rings (SSSR count). The van der Waals surface area contributed by atoms with Crippen LogP contribution in [0.1, 0.15) is 15.9 Å². The van der Waals surface area contributed by atoms with Crippen LogP contribution in [0.3, 0.4) is 0 Å². The number of nitrogens with zero attached hydrogens (tertiary/aromatic N) is 1. The Morgan fingerprint density at radius 3 is 2.74 bits per heavy atom. The van der Waals surface area contributed by atoms with E-state index in [0.29, 0.717) is 5.56 Å². The SMILES string of the molecule is O=C(N/N=C\c1cccc(F)c1)c1cccc(O)c1. The summed E-state index contributed by atoms with van der Waals surface area (Å²) in [7, 11) is 0. The van der Waals surface area contributed by atoms with Gasteiger partial charge in [-0.05, 0) is 35.9 Å². The van der Waals surface area contributed by atoms with Crippen molar-refractivity contribution in [2.24, 2.45) is 5.10 Å². The first-order valence-electron chi connectivity index (χ1n) is 5.53. The van der Waals surface area contributed by atoms with Crippen LogP contribution in [0.4, 0.5) is 4.39 Å². The van der Waals surface area contributed by atoms with E-state index >= 15 is 0 Å². The molecule has 0 bridgehead atoms. The molecule has 0 heterocycles. The highest BCUT2D eigenvalue weighted by Gasteiger charge is 2.04. The van der Waals surface area contributed by atoms with Gasteiger partial charge in [0.25, 0.3) is 5.91 Å². The molecule has 0 aromatic heterocycles. The molecule has 2 aromatic rings. The van der Waals surface area contributed by atoms with Crippen molar-refractivity contribution in [1.29, 1.82) is 0 Å². The summed E-state index contributed by atoms with van der Waals surface area (Å²) < 4.78 is 12.9. The third-order valence-corrected chi connectivity index (χ3v) is 2.34. The van der Waals surface area contributed by atoms with Crippen LogP contribution in [0, 0.1) is 5.82 Å². The molecule has 4 nitrogen and oxygen atoms in total. The van der Waals surface area contributed by atoms with E-state index in [-0.39, 0.29) is 17.1 Å². The normalized spacial score (nSPS) is 10.6. The highest BCUT2D eigenvalue weighted by molar-refractivity contribution is 5.95. The molecule has 0 spiro atoms. The molecule has 0 aliphatic carbocycles. The highest BCUT2D eigenvalue weighted by atomic mass is 19.1. The zero-order chi connectivity index (χ0) is 13.7.